The number of fused-ring (bicyclic) bond motifs is 1. The standard InChI is InChI=1S/C18H19F3N4/c1-25-15(9-16(24-25)18(19,20)21)13-7-12-8-14(23-17(12)22-10-13)11-5-3-2-4-6-11/h7-11H,2-6H2,1H3,(H,22,23). The van der Waals surface area contributed by atoms with E-state index in [9.17, 15) is 13.2 Å². The number of rotatable bonds is 2. The zero-order valence-corrected chi connectivity index (χ0v) is 13.9. The normalized spacial score (nSPS) is 16.6. The van der Waals surface area contributed by atoms with Crippen molar-refractivity contribution in [3.05, 3.63) is 35.8 Å². The van der Waals surface area contributed by atoms with Crippen molar-refractivity contribution in [2.75, 3.05) is 0 Å². The van der Waals surface area contributed by atoms with Gasteiger partial charge in [0.2, 0.25) is 0 Å². The summed E-state index contributed by atoms with van der Waals surface area (Å²) in [4.78, 5) is 7.78. The maximum Gasteiger partial charge on any atom is 0.435 e. The number of aromatic nitrogens is 4. The predicted molar refractivity (Wildman–Crippen MR) is 89.1 cm³/mol. The van der Waals surface area contributed by atoms with Gasteiger partial charge < -0.3 is 4.98 Å². The van der Waals surface area contributed by atoms with Crippen molar-refractivity contribution >= 4 is 11.0 Å². The Bertz CT molecular complexity index is 901. The van der Waals surface area contributed by atoms with Crippen molar-refractivity contribution in [1.29, 1.82) is 0 Å². The summed E-state index contributed by atoms with van der Waals surface area (Å²) < 4.78 is 39.8. The summed E-state index contributed by atoms with van der Waals surface area (Å²) in [6.45, 7) is 0. The van der Waals surface area contributed by atoms with E-state index in [2.05, 4.69) is 21.1 Å². The largest absolute Gasteiger partial charge is 0.435 e. The monoisotopic (exact) mass is 348 g/mol. The molecule has 4 nitrogen and oxygen atoms in total. The first-order chi connectivity index (χ1) is 11.9. The third kappa shape index (κ3) is 3.03. The Morgan fingerprint density at radius 1 is 1.12 bits per heavy atom. The number of nitrogens with zero attached hydrogens (tertiary/aromatic N) is 3. The van der Waals surface area contributed by atoms with Crippen molar-refractivity contribution < 1.29 is 13.2 Å². The number of halogens is 3. The molecular formula is C18H19F3N4. The Hall–Kier alpha value is -2.31. The van der Waals surface area contributed by atoms with E-state index in [1.165, 1.54) is 49.5 Å². The molecule has 1 aliphatic rings. The molecule has 132 valence electrons. The lowest BCUT2D eigenvalue weighted by atomic mass is 9.87. The van der Waals surface area contributed by atoms with Gasteiger partial charge in [-0.3, -0.25) is 4.68 Å². The van der Waals surface area contributed by atoms with Gasteiger partial charge in [-0.15, -0.1) is 0 Å². The van der Waals surface area contributed by atoms with Crippen LogP contribution in [0.1, 0.15) is 49.4 Å². The number of hydrogen-bond acceptors (Lipinski definition) is 2. The van der Waals surface area contributed by atoms with E-state index in [4.69, 9.17) is 0 Å². The molecule has 25 heavy (non-hydrogen) atoms. The lowest BCUT2D eigenvalue weighted by Crippen LogP contribution is -2.06. The SMILES string of the molecule is Cn1nc(C(F)(F)F)cc1-c1cnc2[nH]c(C3CCCCC3)cc2c1. The molecule has 7 heteroatoms. The van der Waals surface area contributed by atoms with E-state index in [1.54, 1.807) is 6.20 Å². The Morgan fingerprint density at radius 3 is 2.56 bits per heavy atom. The minimum Gasteiger partial charge on any atom is -0.343 e. The van der Waals surface area contributed by atoms with E-state index < -0.39 is 11.9 Å². The average Bonchev–Trinajstić information content (AvgIpc) is 3.18. The number of nitrogens with one attached hydrogen (secondary N) is 1. The smallest absolute Gasteiger partial charge is 0.343 e. The Kier molecular flexibility index (Phi) is 3.81. The highest BCUT2D eigenvalue weighted by Crippen LogP contribution is 2.35. The average molecular weight is 348 g/mol. The zero-order chi connectivity index (χ0) is 17.6. The lowest BCUT2D eigenvalue weighted by Gasteiger charge is -2.20. The quantitative estimate of drug-likeness (QED) is 0.706. The van der Waals surface area contributed by atoms with Crippen LogP contribution in [0.3, 0.4) is 0 Å². The molecule has 1 saturated carbocycles. The van der Waals surface area contributed by atoms with E-state index in [1.807, 2.05) is 6.07 Å². The highest BCUT2D eigenvalue weighted by atomic mass is 19.4. The fourth-order valence-corrected chi connectivity index (χ4v) is 3.69. The van der Waals surface area contributed by atoms with Crippen molar-refractivity contribution in [3.63, 3.8) is 0 Å². The van der Waals surface area contributed by atoms with Gasteiger partial charge in [0.15, 0.2) is 5.69 Å². The van der Waals surface area contributed by atoms with Gasteiger partial charge in [0, 0.05) is 29.9 Å². The van der Waals surface area contributed by atoms with Crippen LogP contribution >= 0.6 is 0 Å². The highest BCUT2D eigenvalue weighted by Gasteiger charge is 2.34. The molecule has 0 bridgehead atoms. The first kappa shape index (κ1) is 16.2. The summed E-state index contributed by atoms with van der Waals surface area (Å²) in [6.07, 6.45) is 3.28. The number of pyridine rings is 1. The van der Waals surface area contributed by atoms with Crippen molar-refractivity contribution in [2.45, 2.75) is 44.2 Å². The molecule has 1 fully saturated rings. The maximum absolute atomic E-state index is 12.9. The summed E-state index contributed by atoms with van der Waals surface area (Å²) in [5.41, 5.74) is 2.11. The molecule has 0 saturated heterocycles. The number of H-pyrrole nitrogens is 1. The molecule has 1 N–H and O–H groups in total. The van der Waals surface area contributed by atoms with E-state index in [-0.39, 0.29) is 0 Å². The summed E-state index contributed by atoms with van der Waals surface area (Å²) in [5.74, 6) is 0.528. The second-order valence-corrected chi connectivity index (χ2v) is 6.76. The van der Waals surface area contributed by atoms with Crippen molar-refractivity contribution in [2.24, 2.45) is 7.05 Å². The van der Waals surface area contributed by atoms with Crippen LogP contribution in [0.25, 0.3) is 22.3 Å². The molecule has 4 rings (SSSR count). The second-order valence-electron chi connectivity index (χ2n) is 6.76. The molecule has 0 radical (unpaired) electrons. The summed E-state index contributed by atoms with van der Waals surface area (Å²) in [6, 6.07) is 5.03. The van der Waals surface area contributed by atoms with Crippen LogP contribution in [0.4, 0.5) is 13.2 Å². The Morgan fingerprint density at radius 2 is 1.88 bits per heavy atom. The van der Waals surface area contributed by atoms with Gasteiger partial charge >= 0.3 is 6.18 Å². The molecule has 0 amide bonds. The van der Waals surface area contributed by atoms with Crippen LogP contribution in [0.2, 0.25) is 0 Å². The molecule has 0 unspecified atom stereocenters. The van der Waals surface area contributed by atoms with Gasteiger partial charge in [0.25, 0.3) is 0 Å². The molecule has 1 aliphatic carbocycles. The van der Waals surface area contributed by atoms with Gasteiger partial charge in [-0.25, -0.2) is 4.98 Å². The Balaban J connectivity index is 1.70. The molecule has 3 aromatic heterocycles. The summed E-state index contributed by atoms with van der Waals surface area (Å²) in [7, 11) is 1.51. The fraction of sp³-hybridized carbons (Fsp3) is 0.444. The number of aromatic amines is 1. The number of alkyl halides is 3. The molecule has 3 aromatic rings. The zero-order valence-electron chi connectivity index (χ0n) is 13.9. The van der Waals surface area contributed by atoms with Crippen LogP contribution in [-0.2, 0) is 13.2 Å². The van der Waals surface area contributed by atoms with Gasteiger partial charge in [-0.2, -0.15) is 18.3 Å². The molecule has 0 spiro atoms. The van der Waals surface area contributed by atoms with Crippen LogP contribution in [-0.4, -0.2) is 19.7 Å². The summed E-state index contributed by atoms with van der Waals surface area (Å²) in [5, 5.41) is 4.50. The fourth-order valence-electron chi connectivity index (χ4n) is 3.69. The van der Waals surface area contributed by atoms with Crippen LogP contribution < -0.4 is 0 Å². The predicted octanol–water partition coefficient (Wildman–Crippen LogP) is 5.03. The second kappa shape index (κ2) is 5.89. The van der Waals surface area contributed by atoms with E-state index >= 15 is 0 Å². The molecule has 0 atom stereocenters. The highest BCUT2D eigenvalue weighted by molar-refractivity contribution is 5.81. The van der Waals surface area contributed by atoms with Crippen molar-refractivity contribution in [3.8, 4) is 11.3 Å². The minimum atomic E-state index is -4.45. The van der Waals surface area contributed by atoms with Gasteiger partial charge in [0.05, 0.1) is 5.69 Å². The Labute approximate surface area is 143 Å². The molecule has 0 aliphatic heterocycles. The van der Waals surface area contributed by atoms with Gasteiger partial charge in [-0.05, 0) is 37.0 Å². The number of aryl methyl sites for hydroxylation is 1. The van der Waals surface area contributed by atoms with Crippen LogP contribution in [0, 0.1) is 0 Å². The van der Waals surface area contributed by atoms with Crippen LogP contribution in [0.15, 0.2) is 24.4 Å². The number of hydrogen-bond donors (Lipinski definition) is 1. The van der Waals surface area contributed by atoms with Gasteiger partial charge in [0.1, 0.15) is 5.65 Å². The topological polar surface area (TPSA) is 46.5 Å². The van der Waals surface area contributed by atoms with E-state index in [0.717, 1.165) is 17.1 Å². The van der Waals surface area contributed by atoms with Crippen molar-refractivity contribution in [1.82, 2.24) is 19.7 Å². The molecule has 0 aromatic carbocycles. The molecule has 3 heterocycles. The van der Waals surface area contributed by atoms with Crippen LogP contribution in [0.5, 0.6) is 0 Å². The first-order valence-electron chi connectivity index (χ1n) is 8.52. The summed E-state index contributed by atoms with van der Waals surface area (Å²) >= 11 is 0. The molecular weight excluding hydrogens is 329 g/mol. The third-order valence-electron chi connectivity index (χ3n) is 5.00. The third-order valence-corrected chi connectivity index (χ3v) is 5.00. The minimum absolute atomic E-state index is 0.405. The van der Waals surface area contributed by atoms with E-state index in [0.29, 0.717) is 17.2 Å². The first-order valence-corrected chi connectivity index (χ1v) is 8.52. The van der Waals surface area contributed by atoms with Gasteiger partial charge in [-0.1, -0.05) is 19.3 Å². The lowest BCUT2D eigenvalue weighted by molar-refractivity contribution is -0.141. The maximum atomic E-state index is 12.9.